The van der Waals surface area contributed by atoms with E-state index in [1.165, 1.54) is 11.8 Å². The van der Waals surface area contributed by atoms with Crippen LogP contribution in [0, 0.1) is 0 Å². The predicted octanol–water partition coefficient (Wildman–Crippen LogP) is 1.28. The van der Waals surface area contributed by atoms with Crippen molar-refractivity contribution in [3.05, 3.63) is 34.3 Å². The van der Waals surface area contributed by atoms with E-state index in [4.69, 9.17) is 5.73 Å². The Labute approximate surface area is 112 Å². The van der Waals surface area contributed by atoms with Crippen LogP contribution in [0.3, 0.4) is 0 Å². The van der Waals surface area contributed by atoms with Gasteiger partial charge in [0.25, 0.3) is 0 Å². The maximum Gasteiger partial charge on any atom is 0.230 e. The van der Waals surface area contributed by atoms with Gasteiger partial charge in [-0.2, -0.15) is 0 Å². The molecule has 92 valence electrons. The number of benzene rings is 1. The van der Waals surface area contributed by atoms with Crippen LogP contribution in [0.15, 0.2) is 28.7 Å². The number of thioether (sulfide) groups is 1. The first kappa shape index (κ1) is 14.1. The highest BCUT2D eigenvalue weighted by atomic mass is 79.9. The Bertz CT molecular complexity index is 412. The van der Waals surface area contributed by atoms with E-state index in [-0.39, 0.29) is 17.4 Å². The second kappa shape index (κ2) is 7.34. The lowest BCUT2D eigenvalue weighted by molar-refractivity contribution is -0.118. The van der Waals surface area contributed by atoms with Gasteiger partial charge in [0.2, 0.25) is 11.8 Å². The number of carbonyl (C=O) groups is 2. The first-order chi connectivity index (χ1) is 8.08. The molecule has 0 saturated heterocycles. The Morgan fingerprint density at radius 2 is 2.12 bits per heavy atom. The Kier molecular flexibility index (Phi) is 6.07. The van der Waals surface area contributed by atoms with Crippen LogP contribution in [0.5, 0.6) is 0 Å². The van der Waals surface area contributed by atoms with E-state index in [0.29, 0.717) is 6.54 Å². The van der Waals surface area contributed by atoms with Gasteiger partial charge in [-0.05, 0) is 17.7 Å². The van der Waals surface area contributed by atoms with Crippen LogP contribution in [0.4, 0.5) is 0 Å². The van der Waals surface area contributed by atoms with E-state index in [2.05, 4.69) is 21.2 Å². The van der Waals surface area contributed by atoms with Crippen molar-refractivity contribution in [3.8, 4) is 0 Å². The van der Waals surface area contributed by atoms with Gasteiger partial charge in [-0.25, -0.2) is 0 Å². The Hall–Kier alpha value is -1.01. The molecule has 0 fully saturated rings. The second-order valence-electron chi connectivity index (χ2n) is 3.37. The molecule has 0 unspecified atom stereocenters. The molecule has 17 heavy (non-hydrogen) atoms. The maximum atomic E-state index is 11.4. The lowest BCUT2D eigenvalue weighted by Crippen LogP contribution is -2.25. The largest absolute Gasteiger partial charge is 0.369 e. The topological polar surface area (TPSA) is 72.2 Å². The fourth-order valence-electron chi connectivity index (χ4n) is 1.14. The lowest BCUT2D eigenvalue weighted by atomic mass is 10.2. The Morgan fingerprint density at radius 3 is 2.76 bits per heavy atom. The average Bonchev–Trinajstić information content (AvgIpc) is 2.26. The smallest absolute Gasteiger partial charge is 0.230 e. The van der Waals surface area contributed by atoms with Crippen LogP contribution < -0.4 is 11.1 Å². The van der Waals surface area contributed by atoms with Crippen molar-refractivity contribution >= 4 is 39.5 Å². The van der Waals surface area contributed by atoms with Crippen molar-refractivity contribution in [2.45, 2.75) is 6.54 Å². The van der Waals surface area contributed by atoms with Gasteiger partial charge < -0.3 is 11.1 Å². The van der Waals surface area contributed by atoms with Crippen molar-refractivity contribution in [2.75, 3.05) is 11.5 Å². The molecule has 4 nitrogen and oxygen atoms in total. The number of primary amides is 1. The highest BCUT2D eigenvalue weighted by molar-refractivity contribution is 9.10. The molecular weight excluding hydrogens is 304 g/mol. The van der Waals surface area contributed by atoms with E-state index in [1.807, 2.05) is 24.3 Å². The summed E-state index contributed by atoms with van der Waals surface area (Å²) < 4.78 is 0.979. The van der Waals surface area contributed by atoms with Gasteiger partial charge in [0.05, 0.1) is 11.5 Å². The monoisotopic (exact) mass is 316 g/mol. The Balaban J connectivity index is 2.26. The second-order valence-corrected chi connectivity index (χ2v) is 5.27. The van der Waals surface area contributed by atoms with Crippen LogP contribution in [-0.2, 0) is 16.1 Å². The molecular formula is C11H13BrN2O2S. The first-order valence-corrected chi connectivity index (χ1v) is 6.90. The summed E-state index contributed by atoms with van der Waals surface area (Å²) in [5, 5.41) is 2.77. The summed E-state index contributed by atoms with van der Waals surface area (Å²) in [5.74, 6) is -0.0904. The highest BCUT2D eigenvalue weighted by Crippen LogP contribution is 2.11. The van der Waals surface area contributed by atoms with E-state index >= 15 is 0 Å². The van der Waals surface area contributed by atoms with Crippen LogP contribution in [0.1, 0.15) is 5.56 Å². The fourth-order valence-corrected chi connectivity index (χ4v) is 2.18. The van der Waals surface area contributed by atoms with Crippen LogP contribution >= 0.6 is 27.7 Å². The molecule has 0 saturated carbocycles. The fraction of sp³-hybridized carbons (Fsp3) is 0.273. The van der Waals surface area contributed by atoms with E-state index in [1.54, 1.807) is 0 Å². The highest BCUT2D eigenvalue weighted by Gasteiger charge is 2.03. The maximum absolute atomic E-state index is 11.4. The summed E-state index contributed by atoms with van der Waals surface area (Å²) in [6, 6.07) is 7.71. The normalized spacial score (nSPS) is 9.94. The zero-order valence-electron chi connectivity index (χ0n) is 9.11. The van der Waals surface area contributed by atoms with Gasteiger partial charge in [0.1, 0.15) is 0 Å². The summed E-state index contributed by atoms with van der Waals surface area (Å²) in [6.45, 7) is 0.482. The van der Waals surface area contributed by atoms with Gasteiger partial charge in [0.15, 0.2) is 0 Å². The van der Waals surface area contributed by atoms with Gasteiger partial charge >= 0.3 is 0 Å². The lowest BCUT2D eigenvalue weighted by Gasteiger charge is -2.05. The number of rotatable bonds is 6. The molecule has 0 aliphatic rings. The minimum absolute atomic E-state index is 0.101. The zero-order chi connectivity index (χ0) is 12.7. The zero-order valence-corrected chi connectivity index (χ0v) is 11.5. The molecule has 1 rings (SSSR count). The summed E-state index contributed by atoms with van der Waals surface area (Å²) in [7, 11) is 0. The molecule has 1 aromatic rings. The number of halogens is 1. The van der Waals surface area contributed by atoms with Crippen molar-refractivity contribution in [1.29, 1.82) is 0 Å². The molecule has 0 bridgehead atoms. The Morgan fingerprint density at radius 1 is 1.35 bits per heavy atom. The van der Waals surface area contributed by atoms with Crippen molar-refractivity contribution in [2.24, 2.45) is 5.73 Å². The van der Waals surface area contributed by atoms with Gasteiger partial charge in [-0.15, -0.1) is 11.8 Å². The van der Waals surface area contributed by atoms with Gasteiger partial charge in [-0.3, -0.25) is 9.59 Å². The van der Waals surface area contributed by atoms with E-state index < -0.39 is 5.91 Å². The molecule has 0 aliphatic carbocycles. The number of nitrogens with two attached hydrogens (primary N) is 1. The minimum atomic E-state index is -0.408. The van der Waals surface area contributed by atoms with Crippen LogP contribution in [0.25, 0.3) is 0 Å². The van der Waals surface area contributed by atoms with Crippen molar-refractivity contribution < 1.29 is 9.59 Å². The molecule has 0 heterocycles. The van der Waals surface area contributed by atoms with Gasteiger partial charge in [-0.1, -0.05) is 28.1 Å². The summed E-state index contributed by atoms with van der Waals surface area (Å²) in [4.78, 5) is 21.8. The summed E-state index contributed by atoms with van der Waals surface area (Å²) in [6.07, 6.45) is 0. The number of nitrogens with one attached hydrogen (secondary N) is 1. The number of hydrogen-bond donors (Lipinski definition) is 2. The third-order valence-corrected chi connectivity index (χ3v) is 3.30. The summed E-state index contributed by atoms with van der Waals surface area (Å²) in [5.41, 5.74) is 5.98. The van der Waals surface area contributed by atoms with E-state index in [9.17, 15) is 9.59 Å². The third kappa shape index (κ3) is 6.33. The number of carbonyl (C=O) groups excluding carboxylic acids is 2. The van der Waals surface area contributed by atoms with Crippen molar-refractivity contribution in [3.63, 3.8) is 0 Å². The van der Waals surface area contributed by atoms with E-state index in [0.717, 1.165) is 10.0 Å². The molecule has 0 spiro atoms. The van der Waals surface area contributed by atoms with Crippen LogP contribution in [0.2, 0.25) is 0 Å². The number of hydrogen-bond acceptors (Lipinski definition) is 3. The van der Waals surface area contributed by atoms with Crippen LogP contribution in [-0.4, -0.2) is 23.3 Å². The third-order valence-electron chi connectivity index (χ3n) is 1.86. The average molecular weight is 317 g/mol. The molecule has 1 aromatic carbocycles. The molecule has 0 atom stereocenters. The minimum Gasteiger partial charge on any atom is -0.369 e. The molecule has 0 aromatic heterocycles. The SMILES string of the molecule is NC(=O)CSCC(=O)NCc1cccc(Br)c1. The molecule has 2 amide bonds. The molecule has 6 heteroatoms. The predicted molar refractivity (Wildman–Crippen MR) is 72.5 cm³/mol. The number of amides is 2. The molecule has 0 aliphatic heterocycles. The molecule has 3 N–H and O–H groups in total. The van der Waals surface area contributed by atoms with Gasteiger partial charge in [0, 0.05) is 11.0 Å². The molecule has 0 radical (unpaired) electrons. The standard InChI is InChI=1S/C11H13BrN2O2S/c12-9-3-1-2-8(4-9)5-14-11(16)7-17-6-10(13)15/h1-4H,5-7H2,(H2,13,15)(H,14,16). The first-order valence-electron chi connectivity index (χ1n) is 4.95. The van der Waals surface area contributed by atoms with Crippen molar-refractivity contribution in [1.82, 2.24) is 5.32 Å². The quantitative estimate of drug-likeness (QED) is 0.830. The summed E-state index contributed by atoms with van der Waals surface area (Å²) >= 11 is 4.57.